The highest BCUT2D eigenvalue weighted by atomic mass is 35.5. The number of ether oxygens (including phenoxy) is 2. The Morgan fingerprint density at radius 1 is 1.07 bits per heavy atom. The fraction of sp³-hybridized carbons (Fsp3) is 0.222. The van der Waals surface area contributed by atoms with Crippen molar-refractivity contribution in [2.24, 2.45) is 0 Å². The first-order chi connectivity index (χ1) is 6.69. The third kappa shape index (κ3) is 3.21. The number of rotatable bonds is 2. The summed E-state index contributed by atoms with van der Waals surface area (Å²) in [6.07, 6.45) is 2.89. The van der Waals surface area contributed by atoms with Crippen molar-refractivity contribution in [1.82, 2.24) is 0 Å². The number of nitrogens with one attached hydrogen (secondary N) is 1. The Labute approximate surface area is 92.8 Å². The number of esters is 2. The Morgan fingerprint density at radius 3 is 1.80 bits per heavy atom. The molecule has 0 aliphatic carbocycles. The summed E-state index contributed by atoms with van der Waals surface area (Å²) < 4.78 is 8.99. The van der Waals surface area contributed by atoms with E-state index in [1.54, 1.807) is 0 Å². The zero-order valence-corrected chi connectivity index (χ0v) is 9.00. The topological polar surface area (TPSA) is 66.7 Å². The highest BCUT2D eigenvalue weighted by molar-refractivity contribution is 5.94. The van der Waals surface area contributed by atoms with Gasteiger partial charge in [-0.15, -0.1) is 0 Å². The van der Waals surface area contributed by atoms with Gasteiger partial charge in [0.1, 0.15) is 11.1 Å². The second-order valence-electron chi connectivity index (χ2n) is 2.49. The molecule has 0 bridgehead atoms. The van der Waals surface area contributed by atoms with Gasteiger partial charge in [0.25, 0.3) is 0 Å². The van der Waals surface area contributed by atoms with E-state index in [2.05, 4.69) is 14.5 Å². The number of hydrogen-bond acceptors (Lipinski definition) is 4. The minimum absolute atomic E-state index is 0. The highest BCUT2D eigenvalue weighted by Crippen LogP contribution is 2.03. The third-order valence-corrected chi connectivity index (χ3v) is 1.63. The normalized spacial score (nSPS) is 8.67. The van der Waals surface area contributed by atoms with E-state index in [0.717, 1.165) is 0 Å². The standard InChI is InChI=1S/C9H9NO4.ClH/c1-13-8(11)6-3-7(5-10-4-6)9(12)14-2;/h3-5H,1-2H3;1H. The molecule has 0 spiro atoms. The minimum Gasteiger partial charge on any atom is -1.00 e. The zero-order chi connectivity index (χ0) is 10.6. The molecule has 0 aliphatic heterocycles. The van der Waals surface area contributed by atoms with Gasteiger partial charge in [-0.05, 0) is 6.07 Å². The van der Waals surface area contributed by atoms with Crippen LogP contribution in [0, 0.1) is 0 Å². The van der Waals surface area contributed by atoms with Gasteiger partial charge in [0, 0.05) is 0 Å². The second kappa shape index (κ2) is 5.98. The molecule has 1 N–H and O–H groups in total. The molecule has 1 rings (SSSR count). The molecule has 0 amide bonds. The van der Waals surface area contributed by atoms with Gasteiger partial charge in [0.2, 0.25) is 0 Å². The molecule has 0 saturated carbocycles. The van der Waals surface area contributed by atoms with Crippen LogP contribution in [0.3, 0.4) is 0 Å². The molecule has 82 valence electrons. The van der Waals surface area contributed by atoms with E-state index in [9.17, 15) is 9.59 Å². The van der Waals surface area contributed by atoms with E-state index in [1.165, 1.54) is 32.7 Å². The van der Waals surface area contributed by atoms with Crippen molar-refractivity contribution in [3.05, 3.63) is 29.6 Å². The highest BCUT2D eigenvalue weighted by Gasteiger charge is 2.14. The van der Waals surface area contributed by atoms with Crippen molar-refractivity contribution in [2.75, 3.05) is 14.2 Å². The lowest BCUT2D eigenvalue weighted by atomic mass is 10.2. The zero-order valence-electron chi connectivity index (χ0n) is 8.24. The molecular weight excluding hydrogens is 222 g/mol. The van der Waals surface area contributed by atoms with Crippen LogP contribution in [-0.2, 0) is 9.47 Å². The fourth-order valence-corrected chi connectivity index (χ4v) is 0.943. The molecular formula is C9H10ClNO4. The van der Waals surface area contributed by atoms with E-state index in [0.29, 0.717) is 0 Å². The lowest BCUT2D eigenvalue weighted by Gasteiger charge is -1.98. The predicted octanol–water partition coefficient (Wildman–Crippen LogP) is -2.92. The van der Waals surface area contributed by atoms with Crippen LogP contribution in [0.4, 0.5) is 0 Å². The van der Waals surface area contributed by atoms with Gasteiger partial charge in [-0.3, -0.25) is 0 Å². The molecule has 0 saturated heterocycles. The van der Waals surface area contributed by atoms with Crippen LogP contribution in [0.25, 0.3) is 0 Å². The van der Waals surface area contributed by atoms with Crippen molar-refractivity contribution >= 4 is 11.9 Å². The quantitative estimate of drug-likeness (QED) is 0.512. The first-order valence-electron chi connectivity index (χ1n) is 3.87. The summed E-state index contributed by atoms with van der Waals surface area (Å²) in [6, 6.07) is 1.40. The molecule has 0 unspecified atom stereocenters. The van der Waals surface area contributed by atoms with Crippen LogP contribution in [-0.4, -0.2) is 26.2 Å². The number of halogens is 1. The molecule has 6 heteroatoms. The summed E-state index contributed by atoms with van der Waals surface area (Å²) in [5, 5.41) is 0. The van der Waals surface area contributed by atoms with Crippen LogP contribution in [0.5, 0.6) is 0 Å². The smallest absolute Gasteiger partial charge is 0.343 e. The lowest BCUT2D eigenvalue weighted by molar-refractivity contribution is -0.378. The summed E-state index contributed by atoms with van der Waals surface area (Å²) >= 11 is 0. The lowest BCUT2D eigenvalue weighted by Crippen LogP contribution is -3.00. The van der Waals surface area contributed by atoms with Crippen molar-refractivity contribution in [1.29, 1.82) is 0 Å². The molecule has 15 heavy (non-hydrogen) atoms. The largest absolute Gasteiger partial charge is 1.00 e. The molecule has 0 aromatic carbocycles. The number of carbonyl (C=O) groups is 2. The number of aromatic nitrogens is 1. The molecule has 1 heterocycles. The van der Waals surface area contributed by atoms with Crippen LogP contribution in [0.1, 0.15) is 20.7 Å². The second-order valence-corrected chi connectivity index (χ2v) is 2.49. The van der Waals surface area contributed by atoms with E-state index in [1.807, 2.05) is 0 Å². The first kappa shape index (κ1) is 13.4. The number of H-pyrrole nitrogens is 1. The van der Waals surface area contributed by atoms with Crippen molar-refractivity contribution in [2.45, 2.75) is 0 Å². The summed E-state index contributed by atoms with van der Waals surface area (Å²) in [7, 11) is 2.54. The van der Waals surface area contributed by atoms with E-state index < -0.39 is 11.9 Å². The van der Waals surface area contributed by atoms with Gasteiger partial charge < -0.3 is 21.9 Å². The Balaban J connectivity index is 0.00000196. The Hall–Kier alpha value is -1.62. The van der Waals surface area contributed by atoms with Gasteiger partial charge in [-0.1, -0.05) is 0 Å². The molecule has 0 aliphatic rings. The van der Waals surface area contributed by atoms with Gasteiger partial charge in [0.05, 0.1) is 14.2 Å². The van der Waals surface area contributed by atoms with Crippen LogP contribution in [0.2, 0.25) is 0 Å². The van der Waals surface area contributed by atoms with Crippen LogP contribution < -0.4 is 17.4 Å². The summed E-state index contributed by atoms with van der Waals surface area (Å²) in [4.78, 5) is 24.8. The van der Waals surface area contributed by atoms with Gasteiger partial charge in [-0.25, -0.2) is 14.6 Å². The van der Waals surface area contributed by atoms with E-state index in [-0.39, 0.29) is 23.5 Å². The Morgan fingerprint density at radius 2 is 1.47 bits per heavy atom. The first-order valence-corrected chi connectivity index (χ1v) is 3.87. The Kier molecular flexibility index (Phi) is 5.33. The average molecular weight is 232 g/mol. The third-order valence-electron chi connectivity index (χ3n) is 1.63. The molecule has 1 aromatic rings. The minimum atomic E-state index is -0.507. The number of aromatic amines is 1. The van der Waals surface area contributed by atoms with Crippen molar-refractivity contribution in [3.63, 3.8) is 0 Å². The number of pyridine rings is 1. The SMILES string of the molecule is COC(=O)c1c[nH+]cc(C(=O)OC)c1.[Cl-]. The van der Waals surface area contributed by atoms with Crippen LogP contribution in [0.15, 0.2) is 18.5 Å². The van der Waals surface area contributed by atoms with E-state index >= 15 is 0 Å². The summed E-state index contributed by atoms with van der Waals surface area (Å²) in [5.74, 6) is -1.01. The molecule has 0 radical (unpaired) electrons. The number of methoxy groups -OCH3 is 2. The predicted molar refractivity (Wildman–Crippen MR) is 45.7 cm³/mol. The maximum atomic E-state index is 11.1. The van der Waals surface area contributed by atoms with Gasteiger partial charge >= 0.3 is 11.9 Å². The van der Waals surface area contributed by atoms with Crippen LogP contribution >= 0.6 is 0 Å². The number of carbonyl (C=O) groups excluding carboxylic acids is 2. The molecule has 5 nitrogen and oxygen atoms in total. The number of hydrogen-bond donors (Lipinski definition) is 0. The molecule has 0 atom stereocenters. The maximum absolute atomic E-state index is 11.1. The fourth-order valence-electron chi connectivity index (χ4n) is 0.943. The summed E-state index contributed by atoms with van der Waals surface area (Å²) in [6.45, 7) is 0. The summed E-state index contributed by atoms with van der Waals surface area (Å²) in [5.41, 5.74) is 0.547. The maximum Gasteiger partial charge on any atom is 0.343 e. The van der Waals surface area contributed by atoms with Gasteiger partial charge in [0.15, 0.2) is 12.4 Å². The van der Waals surface area contributed by atoms with Crippen molar-refractivity contribution in [3.8, 4) is 0 Å². The van der Waals surface area contributed by atoms with E-state index in [4.69, 9.17) is 0 Å². The monoisotopic (exact) mass is 231 g/mol. The Bertz CT molecular complexity index is 336. The average Bonchev–Trinajstić information content (AvgIpc) is 2.27. The van der Waals surface area contributed by atoms with Crippen molar-refractivity contribution < 1.29 is 36.5 Å². The van der Waals surface area contributed by atoms with Gasteiger partial charge in [-0.2, -0.15) is 0 Å². The molecule has 0 fully saturated rings. The molecule has 1 aromatic heterocycles.